The molecule has 1 aliphatic rings. The second-order valence-electron chi connectivity index (χ2n) is 5.68. The molecule has 0 atom stereocenters. The van der Waals surface area contributed by atoms with Gasteiger partial charge in [0.25, 0.3) is 0 Å². The molecule has 1 aromatic carbocycles. The second kappa shape index (κ2) is 8.09. The van der Waals surface area contributed by atoms with Crippen LogP contribution in [0.5, 0.6) is 0 Å². The molecule has 0 saturated heterocycles. The van der Waals surface area contributed by atoms with Gasteiger partial charge in [-0.05, 0) is 37.6 Å². The summed E-state index contributed by atoms with van der Waals surface area (Å²) in [5.41, 5.74) is 2.38. The maximum atomic E-state index is 8.75. The summed E-state index contributed by atoms with van der Waals surface area (Å²) in [6, 6.07) is 9.20. The van der Waals surface area contributed by atoms with Crippen LogP contribution in [0.25, 0.3) is 0 Å². The normalized spacial score (nSPS) is 15.9. The van der Waals surface area contributed by atoms with Crippen LogP contribution in [0, 0.1) is 11.8 Å². The Morgan fingerprint density at radius 2 is 2.05 bits per heavy atom. The van der Waals surface area contributed by atoms with Crippen molar-refractivity contribution < 1.29 is 5.11 Å². The fourth-order valence-corrected chi connectivity index (χ4v) is 2.91. The van der Waals surface area contributed by atoms with Crippen molar-refractivity contribution in [3.05, 3.63) is 35.4 Å². The summed E-state index contributed by atoms with van der Waals surface area (Å²) in [7, 11) is 2.24. The quantitative estimate of drug-likeness (QED) is 0.850. The van der Waals surface area contributed by atoms with Crippen molar-refractivity contribution >= 4 is 0 Å². The molecule has 0 aliphatic heterocycles. The maximum Gasteiger partial charge on any atom is 0.0540 e. The molecule has 0 aromatic heterocycles. The Morgan fingerprint density at radius 3 is 2.80 bits per heavy atom. The first kappa shape index (κ1) is 15.1. The van der Waals surface area contributed by atoms with Crippen molar-refractivity contribution in [2.24, 2.45) is 0 Å². The van der Waals surface area contributed by atoms with Gasteiger partial charge in [0, 0.05) is 24.6 Å². The fraction of sp³-hybridized carbons (Fsp3) is 0.556. The summed E-state index contributed by atoms with van der Waals surface area (Å²) < 4.78 is 0. The molecule has 0 heterocycles. The van der Waals surface area contributed by atoms with Crippen LogP contribution in [0.15, 0.2) is 24.3 Å². The third-order valence-electron chi connectivity index (χ3n) is 4.03. The minimum Gasteiger partial charge on any atom is -0.395 e. The lowest BCUT2D eigenvalue weighted by Crippen LogP contribution is -2.32. The van der Waals surface area contributed by atoms with Gasteiger partial charge in [-0.2, -0.15) is 0 Å². The highest BCUT2D eigenvalue weighted by molar-refractivity contribution is 5.37. The molecular weight excluding hydrogens is 246 g/mol. The van der Waals surface area contributed by atoms with Gasteiger partial charge in [0.1, 0.15) is 0 Å². The van der Waals surface area contributed by atoms with Crippen molar-refractivity contribution in [1.29, 1.82) is 0 Å². The highest BCUT2D eigenvalue weighted by Gasteiger charge is 2.17. The highest BCUT2D eigenvalue weighted by Crippen LogP contribution is 2.22. The number of nitrogens with zero attached hydrogens (tertiary/aromatic N) is 1. The lowest BCUT2D eigenvalue weighted by Gasteiger charge is -2.31. The number of aliphatic hydroxyl groups is 1. The molecule has 1 aliphatic carbocycles. The van der Waals surface area contributed by atoms with Crippen molar-refractivity contribution in [3.8, 4) is 11.8 Å². The van der Waals surface area contributed by atoms with Crippen molar-refractivity contribution in [2.45, 2.75) is 51.1 Å². The predicted molar refractivity (Wildman–Crippen MR) is 83.4 cm³/mol. The molecule has 1 aromatic rings. The summed E-state index contributed by atoms with van der Waals surface area (Å²) in [5, 5.41) is 8.75. The van der Waals surface area contributed by atoms with E-state index >= 15 is 0 Å². The zero-order chi connectivity index (χ0) is 14.2. The number of benzene rings is 1. The molecule has 0 radical (unpaired) electrons. The van der Waals surface area contributed by atoms with Gasteiger partial charge in [-0.1, -0.05) is 43.2 Å². The molecule has 0 amide bonds. The minimum atomic E-state index is 0.136. The molecule has 1 N–H and O–H groups in total. The number of hydrogen-bond acceptors (Lipinski definition) is 2. The van der Waals surface area contributed by atoms with Crippen LogP contribution in [-0.4, -0.2) is 29.7 Å². The average molecular weight is 271 g/mol. The third kappa shape index (κ3) is 4.67. The predicted octanol–water partition coefficient (Wildman–Crippen LogP) is 3.19. The Hall–Kier alpha value is -1.30. The molecule has 2 heteroatoms. The Bertz CT molecular complexity index is 466. The molecule has 108 valence electrons. The summed E-state index contributed by atoms with van der Waals surface area (Å²) in [5.74, 6) is 6.09. The number of hydrogen-bond donors (Lipinski definition) is 1. The summed E-state index contributed by atoms with van der Waals surface area (Å²) in [4.78, 5) is 2.49. The van der Waals surface area contributed by atoms with Crippen LogP contribution in [0.3, 0.4) is 0 Å². The van der Waals surface area contributed by atoms with Crippen molar-refractivity contribution in [3.63, 3.8) is 0 Å². The monoisotopic (exact) mass is 271 g/mol. The first-order valence-corrected chi connectivity index (χ1v) is 7.68. The van der Waals surface area contributed by atoms with Crippen LogP contribution in [0.4, 0.5) is 0 Å². The van der Waals surface area contributed by atoms with E-state index in [0.717, 1.165) is 18.2 Å². The van der Waals surface area contributed by atoms with Gasteiger partial charge in [0.2, 0.25) is 0 Å². The Balaban J connectivity index is 1.95. The summed E-state index contributed by atoms with van der Waals surface area (Å²) >= 11 is 0. The van der Waals surface area contributed by atoms with Crippen LogP contribution in [0.2, 0.25) is 0 Å². The molecular formula is C18H25NO. The standard InChI is InChI=1S/C18H25NO/c1-19(18-11-3-2-4-12-18)15-17-10-7-9-16(14-17)8-5-6-13-20/h7,9-10,14,18,20H,2-4,6,11-13,15H2,1H3. The summed E-state index contributed by atoms with van der Waals surface area (Å²) in [6.07, 6.45) is 7.38. The highest BCUT2D eigenvalue weighted by atomic mass is 16.2. The molecule has 0 unspecified atom stereocenters. The molecule has 1 saturated carbocycles. The first-order chi connectivity index (χ1) is 9.79. The molecule has 20 heavy (non-hydrogen) atoms. The molecule has 2 rings (SSSR count). The van der Waals surface area contributed by atoms with Gasteiger partial charge in [-0.15, -0.1) is 0 Å². The summed E-state index contributed by atoms with van der Waals surface area (Å²) in [6.45, 7) is 1.14. The molecule has 0 bridgehead atoms. The second-order valence-corrected chi connectivity index (χ2v) is 5.68. The van der Waals surface area contributed by atoms with E-state index in [1.165, 1.54) is 37.7 Å². The van der Waals surface area contributed by atoms with Gasteiger partial charge in [0.05, 0.1) is 6.61 Å². The SMILES string of the molecule is CN(Cc1cccc(C#CCCO)c1)C1CCCCC1. The Kier molecular flexibility index (Phi) is 6.11. The Morgan fingerprint density at radius 1 is 1.25 bits per heavy atom. The number of aliphatic hydroxyl groups excluding tert-OH is 1. The van der Waals surface area contributed by atoms with Crippen LogP contribution < -0.4 is 0 Å². The van der Waals surface area contributed by atoms with Gasteiger partial charge in [-0.25, -0.2) is 0 Å². The zero-order valence-corrected chi connectivity index (χ0v) is 12.4. The van der Waals surface area contributed by atoms with E-state index in [2.05, 4.69) is 42.0 Å². The molecule has 0 spiro atoms. The van der Waals surface area contributed by atoms with E-state index in [9.17, 15) is 0 Å². The van der Waals surface area contributed by atoms with Crippen molar-refractivity contribution in [2.75, 3.05) is 13.7 Å². The van der Waals surface area contributed by atoms with E-state index in [-0.39, 0.29) is 6.61 Å². The van der Waals surface area contributed by atoms with E-state index < -0.39 is 0 Å². The number of rotatable bonds is 4. The fourth-order valence-electron chi connectivity index (χ4n) is 2.91. The van der Waals surface area contributed by atoms with Gasteiger partial charge < -0.3 is 5.11 Å². The van der Waals surface area contributed by atoms with Gasteiger partial charge in [-0.3, -0.25) is 4.90 Å². The van der Waals surface area contributed by atoms with Crippen LogP contribution in [0.1, 0.15) is 49.7 Å². The van der Waals surface area contributed by atoms with E-state index in [1.807, 2.05) is 6.07 Å². The van der Waals surface area contributed by atoms with Crippen molar-refractivity contribution in [1.82, 2.24) is 4.90 Å². The lowest BCUT2D eigenvalue weighted by molar-refractivity contribution is 0.184. The zero-order valence-electron chi connectivity index (χ0n) is 12.4. The maximum absolute atomic E-state index is 8.75. The van der Waals surface area contributed by atoms with Gasteiger partial charge >= 0.3 is 0 Å². The van der Waals surface area contributed by atoms with Gasteiger partial charge in [0.15, 0.2) is 0 Å². The molecule has 1 fully saturated rings. The van der Waals surface area contributed by atoms with E-state index in [0.29, 0.717) is 6.42 Å². The topological polar surface area (TPSA) is 23.5 Å². The van der Waals surface area contributed by atoms with E-state index in [4.69, 9.17) is 5.11 Å². The van der Waals surface area contributed by atoms with Crippen LogP contribution in [-0.2, 0) is 6.54 Å². The third-order valence-corrected chi connectivity index (χ3v) is 4.03. The van der Waals surface area contributed by atoms with E-state index in [1.54, 1.807) is 0 Å². The Labute approximate surface area is 122 Å². The largest absolute Gasteiger partial charge is 0.395 e. The smallest absolute Gasteiger partial charge is 0.0540 e. The van der Waals surface area contributed by atoms with Crippen LogP contribution >= 0.6 is 0 Å². The first-order valence-electron chi connectivity index (χ1n) is 7.68. The molecule has 2 nitrogen and oxygen atoms in total. The lowest BCUT2D eigenvalue weighted by atomic mass is 9.94. The average Bonchev–Trinajstić information content (AvgIpc) is 2.49. The minimum absolute atomic E-state index is 0.136.